The first-order valence-electron chi connectivity index (χ1n) is 6.97. The Morgan fingerprint density at radius 1 is 1.15 bits per heavy atom. The number of nitrogens with zero attached hydrogens (tertiary/aromatic N) is 3. The molecule has 0 amide bonds. The highest BCUT2D eigenvalue weighted by atomic mass is 14.9. The van der Waals surface area contributed by atoms with Crippen LogP contribution in [0.25, 0.3) is 11.3 Å². The van der Waals surface area contributed by atoms with E-state index in [1.54, 1.807) is 0 Å². The molecule has 0 bridgehead atoms. The van der Waals surface area contributed by atoms with Crippen LogP contribution in [0.1, 0.15) is 36.3 Å². The molecule has 3 nitrogen and oxygen atoms in total. The first-order chi connectivity index (χ1) is 9.63. The number of hydrogen-bond acceptors (Lipinski definition) is 3. The van der Waals surface area contributed by atoms with Gasteiger partial charge >= 0.3 is 0 Å². The molecule has 0 atom stereocenters. The molecule has 3 rings (SSSR count). The fourth-order valence-corrected chi connectivity index (χ4v) is 2.65. The zero-order valence-electron chi connectivity index (χ0n) is 11.8. The van der Waals surface area contributed by atoms with Crippen molar-refractivity contribution < 1.29 is 0 Å². The van der Waals surface area contributed by atoms with Gasteiger partial charge in [0.2, 0.25) is 0 Å². The van der Waals surface area contributed by atoms with Crippen molar-refractivity contribution in [3.8, 4) is 17.3 Å². The summed E-state index contributed by atoms with van der Waals surface area (Å²) in [5.41, 5.74) is 3.68. The Hall–Kier alpha value is -2.21. The molecule has 1 aliphatic rings. The molecule has 100 valence electrons. The average Bonchev–Trinajstić information content (AvgIpc) is 2.37. The van der Waals surface area contributed by atoms with Crippen LogP contribution in [0.4, 0.5) is 0 Å². The molecule has 0 aliphatic heterocycles. The highest BCUT2D eigenvalue weighted by Crippen LogP contribution is 2.41. The summed E-state index contributed by atoms with van der Waals surface area (Å²) < 4.78 is 0. The fraction of sp³-hybridized carbons (Fsp3) is 0.353. The first-order valence-corrected chi connectivity index (χ1v) is 6.97. The third kappa shape index (κ3) is 2.08. The van der Waals surface area contributed by atoms with Gasteiger partial charge in [0.1, 0.15) is 11.2 Å². The van der Waals surface area contributed by atoms with Gasteiger partial charge in [-0.2, -0.15) is 5.26 Å². The molecular formula is C17H17N3. The third-order valence-electron chi connectivity index (χ3n) is 4.02. The normalized spacial score (nSPS) is 16.2. The van der Waals surface area contributed by atoms with Crippen molar-refractivity contribution in [2.45, 2.75) is 38.5 Å². The summed E-state index contributed by atoms with van der Waals surface area (Å²) in [7, 11) is 0. The SMILES string of the molecule is Cc1cccc(-c2cc(C)nc(C3(C#N)CCC3)n2)c1. The molecule has 1 saturated carbocycles. The van der Waals surface area contributed by atoms with Crippen LogP contribution >= 0.6 is 0 Å². The van der Waals surface area contributed by atoms with Gasteiger partial charge in [-0.15, -0.1) is 0 Å². The van der Waals surface area contributed by atoms with E-state index in [2.05, 4.69) is 41.2 Å². The van der Waals surface area contributed by atoms with E-state index in [1.807, 2.05) is 19.1 Å². The van der Waals surface area contributed by atoms with Gasteiger partial charge in [-0.3, -0.25) is 0 Å². The van der Waals surface area contributed by atoms with Crippen LogP contribution in [0.3, 0.4) is 0 Å². The lowest BCUT2D eigenvalue weighted by Gasteiger charge is -2.33. The minimum absolute atomic E-state index is 0.454. The third-order valence-corrected chi connectivity index (χ3v) is 4.02. The summed E-state index contributed by atoms with van der Waals surface area (Å²) in [4.78, 5) is 9.19. The van der Waals surface area contributed by atoms with E-state index in [4.69, 9.17) is 0 Å². The lowest BCUT2D eigenvalue weighted by atomic mass is 9.69. The van der Waals surface area contributed by atoms with Crippen LogP contribution in [0.5, 0.6) is 0 Å². The van der Waals surface area contributed by atoms with Gasteiger partial charge in [-0.05, 0) is 45.2 Å². The summed E-state index contributed by atoms with van der Waals surface area (Å²) in [6.07, 6.45) is 2.84. The van der Waals surface area contributed by atoms with Crippen molar-refractivity contribution in [1.82, 2.24) is 9.97 Å². The quantitative estimate of drug-likeness (QED) is 0.830. The number of nitriles is 1. The molecule has 0 saturated heterocycles. The van der Waals surface area contributed by atoms with Gasteiger partial charge in [0.25, 0.3) is 0 Å². The van der Waals surface area contributed by atoms with Gasteiger partial charge in [0.15, 0.2) is 0 Å². The van der Waals surface area contributed by atoms with Crippen molar-refractivity contribution in [3.63, 3.8) is 0 Å². The summed E-state index contributed by atoms with van der Waals surface area (Å²) >= 11 is 0. The van der Waals surface area contributed by atoms with Gasteiger partial charge in [0.05, 0.1) is 11.8 Å². The Morgan fingerprint density at radius 3 is 2.55 bits per heavy atom. The van der Waals surface area contributed by atoms with E-state index < -0.39 is 5.41 Å². The van der Waals surface area contributed by atoms with Gasteiger partial charge in [-0.1, -0.05) is 23.8 Å². The smallest absolute Gasteiger partial charge is 0.149 e. The molecule has 1 fully saturated rings. The van der Waals surface area contributed by atoms with Gasteiger partial charge < -0.3 is 0 Å². The van der Waals surface area contributed by atoms with Crippen LogP contribution in [0, 0.1) is 25.2 Å². The van der Waals surface area contributed by atoms with Crippen LogP contribution < -0.4 is 0 Å². The minimum Gasteiger partial charge on any atom is -0.236 e. The van der Waals surface area contributed by atoms with Crippen LogP contribution in [-0.2, 0) is 5.41 Å². The van der Waals surface area contributed by atoms with E-state index in [0.717, 1.165) is 36.2 Å². The van der Waals surface area contributed by atoms with Crippen LogP contribution in [0.15, 0.2) is 30.3 Å². The lowest BCUT2D eigenvalue weighted by Crippen LogP contribution is -2.34. The maximum atomic E-state index is 9.46. The van der Waals surface area contributed by atoms with Crippen molar-refractivity contribution in [2.24, 2.45) is 0 Å². The van der Waals surface area contributed by atoms with Crippen LogP contribution in [-0.4, -0.2) is 9.97 Å². The maximum absolute atomic E-state index is 9.46. The van der Waals surface area contributed by atoms with E-state index in [0.29, 0.717) is 5.82 Å². The average molecular weight is 263 g/mol. The summed E-state index contributed by atoms with van der Waals surface area (Å²) in [5.74, 6) is 0.697. The standard InChI is InChI=1S/C17H17N3/c1-12-5-3-6-14(9-12)15-10-13(2)19-16(20-15)17(11-18)7-4-8-17/h3,5-6,9-10H,4,7-8H2,1-2H3. The first kappa shape index (κ1) is 12.8. The molecule has 1 heterocycles. The van der Waals surface area contributed by atoms with Crippen molar-refractivity contribution in [2.75, 3.05) is 0 Å². The number of benzene rings is 1. The molecule has 0 unspecified atom stereocenters. The second kappa shape index (κ2) is 4.72. The van der Waals surface area contributed by atoms with Crippen molar-refractivity contribution in [1.29, 1.82) is 5.26 Å². The lowest BCUT2D eigenvalue weighted by molar-refractivity contribution is 0.307. The molecular weight excluding hydrogens is 246 g/mol. The van der Waals surface area contributed by atoms with E-state index in [1.165, 1.54) is 5.56 Å². The monoisotopic (exact) mass is 263 g/mol. The highest BCUT2D eigenvalue weighted by molar-refractivity contribution is 5.60. The number of aromatic nitrogens is 2. The molecule has 1 aliphatic carbocycles. The molecule has 20 heavy (non-hydrogen) atoms. The Kier molecular flexibility index (Phi) is 3.02. The van der Waals surface area contributed by atoms with Crippen molar-refractivity contribution in [3.05, 3.63) is 47.4 Å². The number of hydrogen-bond donors (Lipinski definition) is 0. The van der Waals surface area contributed by atoms with E-state index in [-0.39, 0.29) is 0 Å². The molecule has 2 aromatic rings. The largest absolute Gasteiger partial charge is 0.236 e. The Labute approximate surface area is 119 Å². The van der Waals surface area contributed by atoms with Gasteiger partial charge in [-0.25, -0.2) is 9.97 Å². The Balaban J connectivity index is 2.10. The zero-order chi connectivity index (χ0) is 14.2. The van der Waals surface area contributed by atoms with Crippen molar-refractivity contribution >= 4 is 0 Å². The fourth-order valence-electron chi connectivity index (χ4n) is 2.65. The summed E-state index contributed by atoms with van der Waals surface area (Å²) in [6, 6.07) is 12.7. The summed E-state index contributed by atoms with van der Waals surface area (Å²) in [5, 5.41) is 9.46. The number of rotatable bonds is 2. The second-order valence-electron chi connectivity index (χ2n) is 5.64. The van der Waals surface area contributed by atoms with Gasteiger partial charge in [0, 0.05) is 11.3 Å². The second-order valence-corrected chi connectivity index (χ2v) is 5.64. The van der Waals surface area contributed by atoms with E-state index >= 15 is 0 Å². The number of aryl methyl sites for hydroxylation is 2. The predicted octanol–water partition coefficient (Wildman–Crippen LogP) is 3.71. The maximum Gasteiger partial charge on any atom is 0.149 e. The van der Waals surface area contributed by atoms with Crippen LogP contribution in [0.2, 0.25) is 0 Å². The topological polar surface area (TPSA) is 49.6 Å². The molecule has 0 N–H and O–H groups in total. The predicted molar refractivity (Wildman–Crippen MR) is 78.1 cm³/mol. The molecule has 0 radical (unpaired) electrons. The molecule has 3 heteroatoms. The molecule has 1 aromatic carbocycles. The zero-order valence-corrected chi connectivity index (χ0v) is 11.8. The minimum atomic E-state index is -0.454. The van der Waals surface area contributed by atoms with E-state index in [9.17, 15) is 5.26 Å². The molecule has 0 spiro atoms. The Bertz CT molecular complexity index is 694. The Morgan fingerprint density at radius 2 is 1.95 bits per heavy atom. The highest BCUT2D eigenvalue weighted by Gasteiger charge is 2.42. The molecule has 1 aromatic heterocycles. The summed E-state index contributed by atoms with van der Waals surface area (Å²) in [6.45, 7) is 4.04.